The molecule has 0 spiro atoms. The first-order chi connectivity index (χ1) is 12.8. The predicted octanol–water partition coefficient (Wildman–Crippen LogP) is 4.98. The summed E-state index contributed by atoms with van der Waals surface area (Å²) in [5.74, 6) is 0.201. The Morgan fingerprint density at radius 3 is 1.88 bits per heavy atom. The molecule has 0 atom stereocenters. The van der Waals surface area contributed by atoms with Crippen LogP contribution in [-0.2, 0) is 17.9 Å². The van der Waals surface area contributed by atoms with E-state index in [4.69, 9.17) is 0 Å². The van der Waals surface area contributed by atoms with Crippen molar-refractivity contribution in [3.05, 3.63) is 72.1 Å². The number of hydrogen-bond donors (Lipinski definition) is 2. The van der Waals surface area contributed by atoms with Crippen molar-refractivity contribution in [3.63, 3.8) is 0 Å². The van der Waals surface area contributed by atoms with E-state index in [-0.39, 0.29) is 5.91 Å². The number of carbonyl (C=O) groups is 1. The molecule has 0 aliphatic carbocycles. The Morgan fingerprint density at radius 1 is 0.846 bits per heavy atom. The summed E-state index contributed by atoms with van der Waals surface area (Å²) in [6, 6.07) is 16.6. The molecular formula is C22H23N3O. The summed E-state index contributed by atoms with van der Waals surface area (Å²) in [7, 11) is 0. The third kappa shape index (κ3) is 3.10. The average Bonchev–Trinajstić information content (AvgIpc) is 3.31. The highest BCUT2D eigenvalue weighted by Gasteiger charge is 2.16. The highest BCUT2D eigenvalue weighted by molar-refractivity contribution is 5.85. The number of hydrogen-bond acceptors (Lipinski definition) is 1. The van der Waals surface area contributed by atoms with Gasteiger partial charge in [-0.15, -0.1) is 0 Å². The van der Waals surface area contributed by atoms with Gasteiger partial charge in [0.1, 0.15) is 0 Å². The molecule has 0 aliphatic rings. The molecule has 4 rings (SSSR count). The Bertz CT molecular complexity index is 968. The summed E-state index contributed by atoms with van der Waals surface area (Å²) in [6.45, 7) is 3.29. The number of nitrogens with one attached hydrogen (secondary N) is 2. The number of aromatic amines is 2. The van der Waals surface area contributed by atoms with Crippen molar-refractivity contribution >= 4 is 27.7 Å². The minimum absolute atomic E-state index is 0.201. The lowest BCUT2D eigenvalue weighted by atomic mass is 10.1. The second-order valence-electron chi connectivity index (χ2n) is 6.71. The van der Waals surface area contributed by atoms with Crippen LogP contribution in [0.2, 0.25) is 0 Å². The van der Waals surface area contributed by atoms with E-state index in [1.165, 1.54) is 21.9 Å². The van der Waals surface area contributed by atoms with E-state index in [0.717, 1.165) is 17.5 Å². The average molecular weight is 345 g/mol. The van der Waals surface area contributed by atoms with Gasteiger partial charge in [-0.1, -0.05) is 31.2 Å². The molecule has 0 aliphatic heterocycles. The van der Waals surface area contributed by atoms with E-state index >= 15 is 0 Å². The molecule has 0 saturated heterocycles. The van der Waals surface area contributed by atoms with Crippen LogP contribution in [0.5, 0.6) is 0 Å². The largest absolute Gasteiger partial charge is 0.361 e. The number of benzene rings is 2. The fourth-order valence-electron chi connectivity index (χ4n) is 3.59. The van der Waals surface area contributed by atoms with Crippen molar-refractivity contribution in [2.75, 3.05) is 0 Å². The fourth-order valence-corrected chi connectivity index (χ4v) is 3.59. The SMILES string of the molecule is CCCC(=O)N(Cc1cccc2[nH]ccc12)Cc1cccc2[nH]ccc12. The maximum atomic E-state index is 12.8. The molecule has 26 heavy (non-hydrogen) atoms. The molecule has 0 bridgehead atoms. The Hall–Kier alpha value is -3.01. The molecule has 2 aromatic carbocycles. The van der Waals surface area contributed by atoms with Gasteiger partial charge in [-0.25, -0.2) is 0 Å². The molecule has 2 aromatic heterocycles. The van der Waals surface area contributed by atoms with Gasteiger partial charge in [-0.3, -0.25) is 4.79 Å². The molecule has 4 heteroatoms. The molecule has 0 fully saturated rings. The highest BCUT2D eigenvalue weighted by Crippen LogP contribution is 2.23. The van der Waals surface area contributed by atoms with Gasteiger partial charge in [0, 0.05) is 53.7 Å². The zero-order valence-electron chi connectivity index (χ0n) is 15.0. The number of rotatable bonds is 6. The lowest BCUT2D eigenvalue weighted by Crippen LogP contribution is -2.30. The Balaban J connectivity index is 1.67. The predicted molar refractivity (Wildman–Crippen MR) is 106 cm³/mol. The third-order valence-electron chi connectivity index (χ3n) is 4.91. The van der Waals surface area contributed by atoms with Crippen LogP contribution in [-0.4, -0.2) is 20.8 Å². The summed E-state index contributed by atoms with van der Waals surface area (Å²) in [4.78, 5) is 21.3. The minimum Gasteiger partial charge on any atom is -0.361 e. The lowest BCUT2D eigenvalue weighted by Gasteiger charge is -2.24. The third-order valence-corrected chi connectivity index (χ3v) is 4.91. The van der Waals surface area contributed by atoms with Gasteiger partial charge < -0.3 is 14.9 Å². The molecule has 4 aromatic rings. The first kappa shape index (κ1) is 16.5. The Labute approximate surface area is 152 Å². The maximum Gasteiger partial charge on any atom is 0.223 e. The van der Waals surface area contributed by atoms with E-state index in [1.54, 1.807) is 0 Å². The number of H-pyrrole nitrogens is 2. The maximum absolute atomic E-state index is 12.8. The monoisotopic (exact) mass is 345 g/mol. The van der Waals surface area contributed by atoms with Crippen LogP contribution in [0.4, 0.5) is 0 Å². The zero-order chi connectivity index (χ0) is 17.9. The molecule has 1 amide bonds. The molecule has 0 radical (unpaired) electrons. The summed E-state index contributed by atoms with van der Waals surface area (Å²) >= 11 is 0. The van der Waals surface area contributed by atoms with Crippen molar-refractivity contribution in [2.24, 2.45) is 0 Å². The van der Waals surface area contributed by atoms with Gasteiger partial charge in [0.05, 0.1) is 0 Å². The van der Waals surface area contributed by atoms with Crippen LogP contribution in [0, 0.1) is 0 Å². The van der Waals surface area contributed by atoms with E-state index < -0.39 is 0 Å². The number of carbonyl (C=O) groups excluding carboxylic acids is 1. The van der Waals surface area contributed by atoms with Gasteiger partial charge >= 0.3 is 0 Å². The van der Waals surface area contributed by atoms with Crippen molar-refractivity contribution in [1.29, 1.82) is 0 Å². The van der Waals surface area contributed by atoms with Crippen molar-refractivity contribution in [2.45, 2.75) is 32.9 Å². The zero-order valence-corrected chi connectivity index (χ0v) is 15.0. The lowest BCUT2D eigenvalue weighted by molar-refractivity contribution is -0.132. The standard InChI is InChI=1S/C22H23N3O/c1-2-5-22(26)25(14-16-6-3-8-20-18(16)10-12-23-20)15-17-7-4-9-21-19(17)11-13-24-21/h3-4,6-13,23-24H,2,5,14-15H2,1H3. The van der Waals surface area contributed by atoms with Crippen LogP contribution in [0.25, 0.3) is 21.8 Å². The van der Waals surface area contributed by atoms with Gasteiger partial charge in [-0.05, 0) is 41.8 Å². The molecule has 0 unspecified atom stereocenters. The van der Waals surface area contributed by atoms with Crippen LogP contribution < -0.4 is 0 Å². The van der Waals surface area contributed by atoms with Gasteiger partial charge in [-0.2, -0.15) is 0 Å². The number of fused-ring (bicyclic) bond motifs is 2. The van der Waals surface area contributed by atoms with Crippen LogP contribution in [0.15, 0.2) is 60.9 Å². The van der Waals surface area contributed by atoms with Gasteiger partial charge in [0.15, 0.2) is 0 Å². The van der Waals surface area contributed by atoms with E-state index in [0.29, 0.717) is 19.5 Å². The quantitative estimate of drug-likeness (QED) is 0.509. The fraction of sp³-hybridized carbons (Fsp3) is 0.227. The van der Waals surface area contributed by atoms with Gasteiger partial charge in [0.2, 0.25) is 5.91 Å². The number of amides is 1. The minimum atomic E-state index is 0.201. The molecule has 132 valence electrons. The topological polar surface area (TPSA) is 51.9 Å². The Morgan fingerprint density at radius 2 is 1.38 bits per heavy atom. The van der Waals surface area contributed by atoms with Crippen molar-refractivity contribution < 1.29 is 4.79 Å². The number of nitrogens with zero attached hydrogens (tertiary/aromatic N) is 1. The summed E-state index contributed by atoms with van der Waals surface area (Å²) < 4.78 is 0. The van der Waals surface area contributed by atoms with E-state index in [1.807, 2.05) is 29.4 Å². The molecule has 2 N–H and O–H groups in total. The van der Waals surface area contributed by atoms with Crippen LogP contribution in [0.1, 0.15) is 30.9 Å². The second kappa shape index (κ2) is 7.08. The second-order valence-corrected chi connectivity index (χ2v) is 6.71. The number of aromatic nitrogens is 2. The molecular weight excluding hydrogens is 322 g/mol. The summed E-state index contributed by atoms with van der Waals surface area (Å²) in [6.07, 6.45) is 5.34. The highest BCUT2D eigenvalue weighted by atomic mass is 16.2. The molecule has 0 saturated carbocycles. The normalized spacial score (nSPS) is 11.3. The van der Waals surface area contributed by atoms with E-state index in [2.05, 4.69) is 53.3 Å². The first-order valence-electron chi connectivity index (χ1n) is 9.14. The van der Waals surface area contributed by atoms with E-state index in [9.17, 15) is 4.79 Å². The molecule has 2 heterocycles. The molecule has 4 nitrogen and oxygen atoms in total. The van der Waals surface area contributed by atoms with Crippen LogP contribution >= 0.6 is 0 Å². The van der Waals surface area contributed by atoms with Crippen molar-refractivity contribution in [1.82, 2.24) is 14.9 Å². The Kier molecular flexibility index (Phi) is 4.48. The summed E-state index contributed by atoms with van der Waals surface area (Å²) in [5, 5.41) is 2.36. The van der Waals surface area contributed by atoms with Crippen molar-refractivity contribution in [3.8, 4) is 0 Å². The van der Waals surface area contributed by atoms with Crippen LogP contribution in [0.3, 0.4) is 0 Å². The first-order valence-corrected chi connectivity index (χ1v) is 9.14. The smallest absolute Gasteiger partial charge is 0.223 e. The summed E-state index contributed by atoms with van der Waals surface area (Å²) in [5.41, 5.74) is 4.57. The van der Waals surface area contributed by atoms with Gasteiger partial charge in [0.25, 0.3) is 0 Å².